The van der Waals surface area contributed by atoms with E-state index in [4.69, 9.17) is 0 Å². The van der Waals surface area contributed by atoms with Crippen molar-refractivity contribution in [2.24, 2.45) is 5.92 Å². The van der Waals surface area contributed by atoms with Crippen LogP contribution in [-0.2, 0) is 26.0 Å². The molecule has 1 aliphatic rings. The van der Waals surface area contributed by atoms with Crippen LogP contribution in [0.2, 0.25) is 0 Å². The number of rotatable bonds is 7. The minimum absolute atomic E-state index is 0.0373. The van der Waals surface area contributed by atoms with Crippen molar-refractivity contribution in [1.82, 2.24) is 10.3 Å². The van der Waals surface area contributed by atoms with Crippen molar-refractivity contribution in [3.63, 3.8) is 0 Å². The topological polar surface area (TPSA) is 95.6 Å². The number of benzene rings is 2. The minimum Gasteiger partial charge on any atom is -0.312 e. The van der Waals surface area contributed by atoms with Gasteiger partial charge in [-0.25, -0.2) is 8.42 Å². The summed E-state index contributed by atoms with van der Waals surface area (Å²) in [5.41, 5.74) is 4.16. The van der Waals surface area contributed by atoms with Crippen LogP contribution in [-0.4, -0.2) is 26.8 Å². The molecule has 1 fully saturated rings. The second-order valence-corrected chi connectivity index (χ2v) is 8.41. The van der Waals surface area contributed by atoms with E-state index in [1.165, 1.54) is 17.7 Å². The predicted octanol–water partition coefficient (Wildman–Crippen LogP) is 2.00. The predicted molar refractivity (Wildman–Crippen MR) is 106 cm³/mol. The summed E-state index contributed by atoms with van der Waals surface area (Å²) in [4.78, 5) is 28.4. The third-order valence-corrected chi connectivity index (χ3v) is 5.91. The van der Waals surface area contributed by atoms with Gasteiger partial charge in [0.05, 0.1) is 10.8 Å². The van der Waals surface area contributed by atoms with Gasteiger partial charge >= 0.3 is 0 Å². The highest BCUT2D eigenvalue weighted by Crippen LogP contribution is 2.25. The molecular formula is C20H23N3O4S. The minimum atomic E-state index is -3.85. The summed E-state index contributed by atoms with van der Waals surface area (Å²) in [5.74, 6) is -1.31. The van der Waals surface area contributed by atoms with Gasteiger partial charge in [-0.15, -0.1) is 4.83 Å². The lowest BCUT2D eigenvalue weighted by atomic mass is 10.1. The van der Waals surface area contributed by atoms with Crippen LogP contribution in [0.4, 0.5) is 5.69 Å². The van der Waals surface area contributed by atoms with Gasteiger partial charge in [0.2, 0.25) is 11.8 Å². The van der Waals surface area contributed by atoms with Crippen LogP contribution in [0.25, 0.3) is 0 Å². The summed E-state index contributed by atoms with van der Waals surface area (Å²) in [5, 5.41) is 0. The molecule has 2 aromatic rings. The molecule has 0 aromatic heterocycles. The number of hydrogen-bond acceptors (Lipinski definition) is 4. The molecule has 2 amide bonds. The number of nitrogens with one attached hydrogen (secondary N) is 2. The standard InChI is InChI=1S/C20H23N3O4S/c1-2-6-15-9-11-17(12-10-15)23-14-16(13-19(23)24)20(25)21-22-28(26,27)18-7-4-3-5-8-18/h3-5,7-12,16,22H,2,6,13-14H2,1H3,(H,21,25)/t16-/m1/s1. The molecule has 1 saturated heterocycles. The molecule has 2 N–H and O–H groups in total. The van der Waals surface area contributed by atoms with E-state index < -0.39 is 21.8 Å². The lowest BCUT2D eigenvalue weighted by Crippen LogP contribution is -2.45. The van der Waals surface area contributed by atoms with Gasteiger partial charge in [0.25, 0.3) is 10.0 Å². The highest BCUT2D eigenvalue weighted by atomic mass is 32.2. The fourth-order valence-corrected chi connectivity index (χ4v) is 4.01. The summed E-state index contributed by atoms with van der Waals surface area (Å²) >= 11 is 0. The van der Waals surface area contributed by atoms with Gasteiger partial charge in [-0.3, -0.25) is 15.0 Å². The molecule has 0 aliphatic carbocycles. The molecule has 0 unspecified atom stereocenters. The number of hydrazine groups is 1. The fourth-order valence-electron chi connectivity index (χ4n) is 3.14. The van der Waals surface area contributed by atoms with Crippen molar-refractivity contribution in [3.05, 3.63) is 60.2 Å². The van der Waals surface area contributed by atoms with Crippen molar-refractivity contribution in [2.45, 2.75) is 31.1 Å². The average molecular weight is 401 g/mol. The first kappa shape index (κ1) is 20.0. The van der Waals surface area contributed by atoms with E-state index in [1.807, 2.05) is 24.3 Å². The van der Waals surface area contributed by atoms with E-state index in [2.05, 4.69) is 17.2 Å². The monoisotopic (exact) mass is 401 g/mol. The lowest BCUT2D eigenvalue weighted by molar-refractivity contribution is -0.126. The average Bonchev–Trinajstić information content (AvgIpc) is 3.09. The summed E-state index contributed by atoms with van der Waals surface area (Å²) in [7, 11) is -3.85. The Bertz CT molecular complexity index is 943. The van der Waals surface area contributed by atoms with Gasteiger partial charge in [-0.05, 0) is 36.2 Å². The molecule has 2 aromatic carbocycles. The number of hydrogen-bond donors (Lipinski definition) is 2. The number of anilines is 1. The van der Waals surface area contributed by atoms with Crippen LogP contribution in [0.1, 0.15) is 25.3 Å². The van der Waals surface area contributed by atoms with Crippen LogP contribution in [0.5, 0.6) is 0 Å². The lowest BCUT2D eigenvalue weighted by Gasteiger charge is -2.17. The first-order chi connectivity index (χ1) is 13.4. The second-order valence-electron chi connectivity index (χ2n) is 6.73. The highest BCUT2D eigenvalue weighted by Gasteiger charge is 2.35. The maximum atomic E-state index is 12.4. The van der Waals surface area contributed by atoms with Crippen molar-refractivity contribution in [3.8, 4) is 0 Å². The normalized spacial score (nSPS) is 17.0. The summed E-state index contributed by atoms with van der Waals surface area (Å²) in [6, 6.07) is 15.5. The summed E-state index contributed by atoms with van der Waals surface area (Å²) in [6.07, 6.45) is 2.06. The Morgan fingerprint density at radius 3 is 2.43 bits per heavy atom. The van der Waals surface area contributed by atoms with E-state index in [9.17, 15) is 18.0 Å². The highest BCUT2D eigenvalue weighted by molar-refractivity contribution is 7.89. The van der Waals surface area contributed by atoms with Crippen LogP contribution in [0.15, 0.2) is 59.5 Å². The first-order valence-corrected chi connectivity index (χ1v) is 10.6. The van der Waals surface area contributed by atoms with Gasteiger partial charge in [0.1, 0.15) is 0 Å². The Kier molecular flexibility index (Phi) is 6.11. The number of carbonyl (C=O) groups is 2. The molecule has 148 valence electrons. The number of nitrogens with zero attached hydrogens (tertiary/aromatic N) is 1. The van der Waals surface area contributed by atoms with Crippen molar-refractivity contribution >= 4 is 27.5 Å². The first-order valence-electron chi connectivity index (χ1n) is 9.16. The Balaban J connectivity index is 1.60. The molecule has 7 nitrogen and oxygen atoms in total. The zero-order valence-corrected chi connectivity index (χ0v) is 16.4. The van der Waals surface area contributed by atoms with Gasteiger partial charge < -0.3 is 4.90 Å². The Hall–Kier alpha value is -2.71. The molecule has 1 aliphatic heterocycles. The van der Waals surface area contributed by atoms with Gasteiger partial charge in [-0.1, -0.05) is 43.7 Å². The second kappa shape index (κ2) is 8.53. The van der Waals surface area contributed by atoms with Gasteiger partial charge in [0, 0.05) is 18.7 Å². The number of sulfonamides is 1. The number of aryl methyl sites for hydroxylation is 1. The maximum absolute atomic E-state index is 12.4. The van der Waals surface area contributed by atoms with Crippen molar-refractivity contribution < 1.29 is 18.0 Å². The van der Waals surface area contributed by atoms with Crippen LogP contribution in [0.3, 0.4) is 0 Å². The molecule has 8 heteroatoms. The molecule has 1 heterocycles. The molecule has 1 atom stereocenters. The molecule has 0 spiro atoms. The van der Waals surface area contributed by atoms with Crippen molar-refractivity contribution in [2.75, 3.05) is 11.4 Å². The third kappa shape index (κ3) is 4.58. The van der Waals surface area contributed by atoms with E-state index in [-0.39, 0.29) is 23.8 Å². The van der Waals surface area contributed by atoms with E-state index in [0.717, 1.165) is 18.5 Å². The summed E-state index contributed by atoms with van der Waals surface area (Å²) in [6.45, 7) is 2.32. The maximum Gasteiger partial charge on any atom is 0.257 e. The van der Waals surface area contributed by atoms with E-state index >= 15 is 0 Å². The molecule has 3 rings (SSSR count). The Labute approximate surface area is 164 Å². The van der Waals surface area contributed by atoms with E-state index in [1.54, 1.807) is 23.1 Å². The van der Waals surface area contributed by atoms with Gasteiger partial charge in [0.15, 0.2) is 0 Å². The SMILES string of the molecule is CCCc1ccc(N2C[C@H](C(=O)NNS(=O)(=O)c3ccccc3)CC2=O)cc1. The summed E-state index contributed by atoms with van der Waals surface area (Å²) < 4.78 is 24.4. The van der Waals surface area contributed by atoms with Crippen LogP contribution in [0, 0.1) is 5.92 Å². The van der Waals surface area contributed by atoms with Gasteiger partial charge in [-0.2, -0.15) is 0 Å². The largest absolute Gasteiger partial charge is 0.312 e. The smallest absolute Gasteiger partial charge is 0.257 e. The molecule has 0 bridgehead atoms. The zero-order valence-electron chi connectivity index (χ0n) is 15.6. The number of amides is 2. The molecule has 0 radical (unpaired) electrons. The molecule has 28 heavy (non-hydrogen) atoms. The van der Waals surface area contributed by atoms with Crippen LogP contribution >= 0.6 is 0 Å². The van der Waals surface area contributed by atoms with Crippen molar-refractivity contribution in [1.29, 1.82) is 0 Å². The third-order valence-electron chi connectivity index (χ3n) is 4.64. The zero-order chi connectivity index (χ0) is 20.1. The Morgan fingerprint density at radius 1 is 1.11 bits per heavy atom. The fraction of sp³-hybridized carbons (Fsp3) is 0.300. The molecular weight excluding hydrogens is 378 g/mol. The molecule has 0 saturated carbocycles. The Morgan fingerprint density at radius 2 is 1.79 bits per heavy atom. The quantitative estimate of drug-likeness (QED) is 0.694. The van der Waals surface area contributed by atoms with Crippen LogP contribution < -0.4 is 15.2 Å². The number of carbonyl (C=O) groups excluding carboxylic acids is 2. The van der Waals surface area contributed by atoms with E-state index in [0.29, 0.717) is 0 Å².